The second-order valence-electron chi connectivity index (χ2n) is 4.73. The van der Waals surface area contributed by atoms with Crippen LogP contribution < -0.4 is 5.43 Å². The first-order valence-electron chi connectivity index (χ1n) is 6.43. The monoisotopic (exact) mass is 264 g/mol. The lowest BCUT2D eigenvalue weighted by atomic mass is 10.2. The number of hydrazine groups is 1. The summed E-state index contributed by atoms with van der Waals surface area (Å²) in [5.74, 6) is 0. The molecule has 5 heteroatoms. The molecule has 1 aliphatic rings. The maximum atomic E-state index is 5.95. The van der Waals surface area contributed by atoms with E-state index < -0.39 is 0 Å². The van der Waals surface area contributed by atoms with E-state index in [9.17, 15) is 0 Å². The fourth-order valence-electron chi connectivity index (χ4n) is 2.35. The Morgan fingerprint density at radius 2 is 2.00 bits per heavy atom. The highest BCUT2D eigenvalue weighted by atomic mass is 35.5. The molecular formula is C13H17ClN4. The van der Waals surface area contributed by atoms with E-state index in [0.717, 1.165) is 36.0 Å². The van der Waals surface area contributed by atoms with Gasteiger partial charge < -0.3 is 4.40 Å². The molecule has 0 bridgehead atoms. The highest BCUT2D eigenvalue weighted by Crippen LogP contribution is 2.12. The molecule has 0 unspecified atom stereocenters. The van der Waals surface area contributed by atoms with Crippen molar-refractivity contribution in [1.29, 1.82) is 0 Å². The van der Waals surface area contributed by atoms with E-state index in [4.69, 9.17) is 11.6 Å². The number of nitrogens with one attached hydrogen (secondary N) is 1. The molecule has 0 aliphatic carbocycles. The van der Waals surface area contributed by atoms with E-state index in [1.54, 1.807) is 0 Å². The van der Waals surface area contributed by atoms with Crippen molar-refractivity contribution in [2.45, 2.75) is 25.8 Å². The number of imidazole rings is 1. The number of hydrogen-bond acceptors (Lipinski definition) is 3. The van der Waals surface area contributed by atoms with Gasteiger partial charge in [-0.05, 0) is 25.0 Å². The quantitative estimate of drug-likeness (QED) is 0.925. The molecule has 3 heterocycles. The summed E-state index contributed by atoms with van der Waals surface area (Å²) in [7, 11) is 0. The van der Waals surface area contributed by atoms with Crippen LogP contribution in [0.15, 0.2) is 24.5 Å². The Hall–Kier alpha value is -1.10. The van der Waals surface area contributed by atoms with Crippen molar-refractivity contribution in [3.63, 3.8) is 0 Å². The standard InChI is InChI=1S/C13H17ClN4/c14-11-4-5-13-16-12(10-17(13)9-11)8-15-18-6-2-1-3-7-18/h4-5,9-10,15H,1-3,6-8H2. The van der Waals surface area contributed by atoms with Crippen molar-refractivity contribution in [1.82, 2.24) is 19.8 Å². The van der Waals surface area contributed by atoms with Gasteiger partial charge in [-0.25, -0.2) is 15.4 Å². The van der Waals surface area contributed by atoms with Gasteiger partial charge in [0, 0.05) is 25.5 Å². The summed E-state index contributed by atoms with van der Waals surface area (Å²) in [6, 6.07) is 3.80. The van der Waals surface area contributed by atoms with Gasteiger partial charge in [0.15, 0.2) is 0 Å². The Kier molecular flexibility index (Phi) is 3.50. The highest BCUT2D eigenvalue weighted by Gasteiger charge is 2.10. The first-order chi connectivity index (χ1) is 8.81. The van der Waals surface area contributed by atoms with Gasteiger partial charge in [0.1, 0.15) is 5.65 Å². The van der Waals surface area contributed by atoms with E-state index in [0.29, 0.717) is 0 Å². The fourth-order valence-corrected chi connectivity index (χ4v) is 2.52. The summed E-state index contributed by atoms with van der Waals surface area (Å²) >= 11 is 5.95. The van der Waals surface area contributed by atoms with Crippen LogP contribution in [0.25, 0.3) is 5.65 Å². The molecule has 1 fully saturated rings. The lowest BCUT2D eigenvalue weighted by molar-refractivity contribution is 0.150. The maximum absolute atomic E-state index is 5.95. The molecule has 1 N–H and O–H groups in total. The summed E-state index contributed by atoms with van der Waals surface area (Å²) in [5.41, 5.74) is 5.42. The normalized spacial score (nSPS) is 17.4. The summed E-state index contributed by atoms with van der Waals surface area (Å²) in [6.45, 7) is 3.05. The minimum absolute atomic E-state index is 0.732. The van der Waals surface area contributed by atoms with Gasteiger partial charge in [-0.3, -0.25) is 0 Å². The van der Waals surface area contributed by atoms with E-state index in [1.807, 2.05) is 28.9 Å². The predicted molar refractivity (Wildman–Crippen MR) is 72.5 cm³/mol. The Balaban J connectivity index is 1.67. The average Bonchev–Trinajstić information content (AvgIpc) is 2.79. The van der Waals surface area contributed by atoms with E-state index in [2.05, 4.69) is 15.4 Å². The molecule has 1 aliphatic heterocycles. The molecule has 0 saturated carbocycles. The lowest BCUT2D eigenvalue weighted by Crippen LogP contribution is -2.41. The number of fused-ring (bicyclic) bond motifs is 1. The molecular weight excluding hydrogens is 248 g/mol. The molecule has 0 spiro atoms. The largest absolute Gasteiger partial charge is 0.305 e. The number of pyridine rings is 1. The maximum Gasteiger partial charge on any atom is 0.137 e. The van der Waals surface area contributed by atoms with Crippen LogP contribution in [0, 0.1) is 0 Å². The third-order valence-electron chi connectivity index (χ3n) is 3.30. The zero-order valence-electron chi connectivity index (χ0n) is 10.3. The third kappa shape index (κ3) is 2.66. The second kappa shape index (κ2) is 5.26. The number of halogens is 1. The van der Waals surface area contributed by atoms with Gasteiger partial charge in [-0.15, -0.1) is 0 Å². The number of hydrogen-bond donors (Lipinski definition) is 1. The topological polar surface area (TPSA) is 32.6 Å². The molecule has 0 amide bonds. The van der Waals surface area contributed by atoms with Crippen LogP contribution in [0.4, 0.5) is 0 Å². The smallest absolute Gasteiger partial charge is 0.137 e. The minimum Gasteiger partial charge on any atom is -0.305 e. The Morgan fingerprint density at radius 3 is 2.83 bits per heavy atom. The van der Waals surface area contributed by atoms with Crippen molar-refractivity contribution in [2.75, 3.05) is 13.1 Å². The van der Waals surface area contributed by atoms with Crippen LogP contribution in [-0.4, -0.2) is 27.5 Å². The van der Waals surface area contributed by atoms with Crippen molar-refractivity contribution in [3.8, 4) is 0 Å². The first-order valence-corrected chi connectivity index (χ1v) is 6.81. The summed E-state index contributed by atoms with van der Waals surface area (Å²) in [5, 5.41) is 3.02. The number of piperidine rings is 1. The summed E-state index contributed by atoms with van der Waals surface area (Å²) in [6.07, 6.45) is 7.83. The van der Waals surface area contributed by atoms with Gasteiger partial charge in [0.2, 0.25) is 0 Å². The van der Waals surface area contributed by atoms with Crippen molar-refractivity contribution in [2.24, 2.45) is 0 Å². The van der Waals surface area contributed by atoms with Crippen molar-refractivity contribution in [3.05, 3.63) is 35.2 Å². The molecule has 0 aromatic carbocycles. The Bertz CT molecular complexity index is 531. The minimum atomic E-state index is 0.732. The molecule has 0 radical (unpaired) electrons. The Labute approximate surface area is 112 Å². The number of aromatic nitrogens is 2. The fraction of sp³-hybridized carbons (Fsp3) is 0.462. The van der Waals surface area contributed by atoms with Crippen molar-refractivity contribution >= 4 is 17.2 Å². The van der Waals surface area contributed by atoms with Crippen LogP contribution >= 0.6 is 11.6 Å². The zero-order valence-corrected chi connectivity index (χ0v) is 11.0. The van der Waals surface area contributed by atoms with E-state index in [1.165, 1.54) is 19.3 Å². The van der Waals surface area contributed by atoms with Gasteiger partial charge in [-0.1, -0.05) is 18.0 Å². The molecule has 3 rings (SSSR count). The highest BCUT2D eigenvalue weighted by molar-refractivity contribution is 6.30. The summed E-state index contributed by atoms with van der Waals surface area (Å²) < 4.78 is 1.97. The molecule has 96 valence electrons. The van der Waals surface area contributed by atoms with Crippen LogP contribution in [-0.2, 0) is 6.54 Å². The van der Waals surface area contributed by atoms with E-state index >= 15 is 0 Å². The number of nitrogens with zero attached hydrogens (tertiary/aromatic N) is 3. The van der Waals surface area contributed by atoms with Crippen LogP contribution in [0.3, 0.4) is 0 Å². The Morgan fingerprint density at radius 1 is 1.17 bits per heavy atom. The summed E-state index contributed by atoms with van der Waals surface area (Å²) in [4.78, 5) is 4.55. The predicted octanol–water partition coefficient (Wildman–Crippen LogP) is 2.48. The van der Waals surface area contributed by atoms with Gasteiger partial charge >= 0.3 is 0 Å². The SMILES string of the molecule is Clc1ccc2nc(CNN3CCCCC3)cn2c1. The number of rotatable bonds is 3. The van der Waals surface area contributed by atoms with Gasteiger partial charge in [0.05, 0.1) is 17.3 Å². The van der Waals surface area contributed by atoms with Crippen LogP contribution in [0.5, 0.6) is 0 Å². The average molecular weight is 265 g/mol. The van der Waals surface area contributed by atoms with E-state index in [-0.39, 0.29) is 0 Å². The molecule has 18 heavy (non-hydrogen) atoms. The third-order valence-corrected chi connectivity index (χ3v) is 3.53. The van der Waals surface area contributed by atoms with Crippen LogP contribution in [0.2, 0.25) is 5.02 Å². The molecule has 2 aromatic heterocycles. The van der Waals surface area contributed by atoms with Gasteiger partial charge in [0.25, 0.3) is 0 Å². The zero-order chi connectivity index (χ0) is 12.4. The van der Waals surface area contributed by atoms with Gasteiger partial charge in [-0.2, -0.15) is 0 Å². The molecule has 0 atom stereocenters. The molecule has 1 saturated heterocycles. The van der Waals surface area contributed by atoms with Crippen LogP contribution in [0.1, 0.15) is 25.0 Å². The second-order valence-corrected chi connectivity index (χ2v) is 5.16. The lowest BCUT2D eigenvalue weighted by Gasteiger charge is -2.26. The molecule has 2 aromatic rings. The van der Waals surface area contributed by atoms with Crippen molar-refractivity contribution < 1.29 is 0 Å². The molecule has 4 nitrogen and oxygen atoms in total. The first kappa shape index (κ1) is 12.0.